The molecule has 6 heteroatoms. The molecule has 1 amide bonds. The maximum absolute atomic E-state index is 12.9. The number of aromatic nitrogens is 2. The van der Waals surface area contributed by atoms with Gasteiger partial charge in [-0.1, -0.05) is 24.3 Å². The number of benzene rings is 2. The number of nitrogens with zero attached hydrogens (tertiary/aromatic N) is 4. The minimum atomic E-state index is 0.0926. The molecule has 6 nitrogen and oxygen atoms in total. The smallest absolute Gasteiger partial charge is 0.253 e. The predicted molar refractivity (Wildman–Crippen MR) is 114 cm³/mol. The van der Waals surface area contributed by atoms with Crippen LogP contribution in [0.15, 0.2) is 60.9 Å². The van der Waals surface area contributed by atoms with Crippen LogP contribution in [0.25, 0.3) is 0 Å². The topological polar surface area (TPSA) is 50.6 Å². The van der Waals surface area contributed by atoms with Crippen molar-refractivity contribution < 1.29 is 9.53 Å². The molecule has 0 bridgehead atoms. The van der Waals surface area contributed by atoms with Crippen molar-refractivity contribution in [2.45, 2.75) is 13.5 Å². The Bertz CT molecular complexity index is 973. The van der Waals surface area contributed by atoms with E-state index in [1.54, 1.807) is 13.3 Å². The van der Waals surface area contributed by atoms with E-state index >= 15 is 0 Å². The van der Waals surface area contributed by atoms with Gasteiger partial charge in [-0.2, -0.15) is 0 Å². The summed E-state index contributed by atoms with van der Waals surface area (Å²) in [6.07, 6.45) is 3.77. The fourth-order valence-electron chi connectivity index (χ4n) is 3.74. The van der Waals surface area contributed by atoms with Crippen LogP contribution in [0.3, 0.4) is 0 Å². The van der Waals surface area contributed by atoms with Gasteiger partial charge in [0.1, 0.15) is 11.6 Å². The highest BCUT2D eigenvalue weighted by Gasteiger charge is 2.23. The number of rotatable bonds is 5. The molecule has 1 aromatic heterocycles. The van der Waals surface area contributed by atoms with Crippen molar-refractivity contribution in [3.8, 4) is 5.75 Å². The van der Waals surface area contributed by atoms with Crippen LogP contribution < -0.4 is 9.64 Å². The Morgan fingerprint density at radius 1 is 1.03 bits per heavy atom. The van der Waals surface area contributed by atoms with E-state index in [9.17, 15) is 4.79 Å². The number of carbonyl (C=O) groups excluding carboxylic acids is 1. The molecular weight excluding hydrogens is 364 g/mol. The largest absolute Gasteiger partial charge is 0.495 e. The zero-order chi connectivity index (χ0) is 20.2. The van der Waals surface area contributed by atoms with Gasteiger partial charge in [0, 0.05) is 50.7 Å². The minimum absolute atomic E-state index is 0.0926. The monoisotopic (exact) mass is 390 g/mol. The van der Waals surface area contributed by atoms with Crippen molar-refractivity contribution in [3.63, 3.8) is 0 Å². The lowest BCUT2D eigenvalue weighted by Gasteiger charge is -2.36. The van der Waals surface area contributed by atoms with Crippen LogP contribution in [0, 0.1) is 6.92 Å². The summed E-state index contributed by atoms with van der Waals surface area (Å²) in [5, 5.41) is 0. The molecule has 2 aromatic carbocycles. The van der Waals surface area contributed by atoms with Crippen molar-refractivity contribution in [2.75, 3.05) is 38.2 Å². The van der Waals surface area contributed by atoms with E-state index < -0.39 is 0 Å². The third-order valence-corrected chi connectivity index (χ3v) is 5.47. The minimum Gasteiger partial charge on any atom is -0.495 e. The van der Waals surface area contributed by atoms with E-state index in [4.69, 9.17) is 4.74 Å². The lowest BCUT2D eigenvalue weighted by molar-refractivity contribution is 0.0746. The lowest BCUT2D eigenvalue weighted by Crippen LogP contribution is -2.48. The summed E-state index contributed by atoms with van der Waals surface area (Å²) >= 11 is 0. The third-order valence-electron chi connectivity index (χ3n) is 5.47. The fourth-order valence-corrected chi connectivity index (χ4v) is 3.74. The molecule has 2 heterocycles. The van der Waals surface area contributed by atoms with Crippen LogP contribution >= 0.6 is 0 Å². The Balaban J connectivity index is 1.37. The van der Waals surface area contributed by atoms with Gasteiger partial charge in [0.05, 0.1) is 12.8 Å². The summed E-state index contributed by atoms with van der Waals surface area (Å²) in [5.41, 5.74) is 2.98. The van der Waals surface area contributed by atoms with Crippen molar-refractivity contribution in [2.24, 2.45) is 0 Å². The molecule has 1 aliphatic rings. The second-order valence-electron chi connectivity index (χ2n) is 7.25. The molecule has 0 atom stereocenters. The summed E-state index contributed by atoms with van der Waals surface area (Å²) in [6, 6.07) is 15.9. The standard InChI is InChI=1S/C23H26N4O2/c1-18-24-11-12-27(18)17-19-7-9-20(10-8-19)23(28)26-15-13-25(14-16-26)21-5-3-4-6-22(21)29-2/h3-12H,13-17H2,1-2H3. The van der Waals surface area contributed by atoms with Crippen LogP contribution in [0.1, 0.15) is 21.7 Å². The van der Waals surface area contributed by atoms with Crippen molar-refractivity contribution in [3.05, 3.63) is 77.9 Å². The van der Waals surface area contributed by atoms with Gasteiger partial charge in [0.25, 0.3) is 5.91 Å². The predicted octanol–water partition coefficient (Wildman–Crippen LogP) is 3.21. The molecule has 0 saturated carbocycles. The van der Waals surface area contributed by atoms with Crippen molar-refractivity contribution in [1.29, 1.82) is 0 Å². The summed E-state index contributed by atoms with van der Waals surface area (Å²) in [5.74, 6) is 1.95. The van der Waals surface area contributed by atoms with E-state index in [-0.39, 0.29) is 5.91 Å². The molecule has 3 aromatic rings. The zero-order valence-electron chi connectivity index (χ0n) is 16.9. The fraction of sp³-hybridized carbons (Fsp3) is 0.304. The number of methoxy groups -OCH3 is 1. The molecule has 0 aliphatic carbocycles. The average molecular weight is 390 g/mol. The van der Waals surface area contributed by atoms with Gasteiger partial charge in [-0.05, 0) is 36.8 Å². The summed E-state index contributed by atoms with van der Waals surface area (Å²) in [6.45, 7) is 5.74. The molecular formula is C23H26N4O2. The van der Waals surface area contributed by atoms with E-state index in [0.29, 0.717) is 13.1 Å². The van der Waals surface area contributed by atoms with Gasteiger partial charge in [-0.15, -0.1) is 0 Å². The first-order valence-corrected chi connectivity index (χ1v) is 9.89. The van der Waals surface area contributed by atoms with E-state index in [2.05, 4.69) is 20.5 Å². The number of para-hydroxylation sites is 2. The van der Waals surface area contributed by atoms with E-state index in [1.807, 2.05) is 60.5 Å². The molecule has 150 valence electrons. The number of ether oxygens (including phenoxy) is 1. The number of hydrogen-bond acceptors (Lipinski definition) is 4. The summed E-state index contributed by atoms with van der Waals surface area (Å²) < 4.78 is 7.56. The maximum atomic E-state index is 12.9. The number of anilines is 1. The van der Waals surface area contributed by atoms with Crippen molar-refractivity contribution in [1.82, 2.24) is 14.5 Å². The number of piperazine rings is 1. The molecule has 0 radical (unpaired) electrons. The van der Waals surface area contributed by atoms with E-state index in [0.717, 1.165) is 48.0 Å². The van der Waals surface area contributed by atoms with Crippen LogP contribution in [0.4, 0.5) is 5.69 Å². The Morgan fingerprint density at radius 2 is 1.76 bits per heavy atom. The Kier molecular flexibility index (Phi) is 5.51. The molecule has 0 unspecified atom stereocenters. The highest BCUT2D eigenvalue weighted by Crippen LogP contribution is 2.28. The molecule has 1 saturated heterocycles. The van der Waals surface area contributed by atoms with Crippen LogP contribution in [0.2, 0.25) is 0 Å². The highest BCUT2D eigenvalue weighted by atomic mass is 16.5. The normalized spacial score (nSPS) is 14.1. The van der Waals surface area contributed by atoms with Crippen LogP contribution in [-0.2, 0) is 6.54 Å². The Morgan fingerprint density at radius 3 is 2.41 bits per heavy atom. The number of imidazole rings is 1. The first-order valence-electron chi connectivity index (χ1n) is 9.89. The first-order chi connectivity index (χ1) is 14.2. The molecule has 0 spiro atoms. The summed E-state index contributed by atoms with van der Waals surface area (Å²) in [7, 11) is 1.69. The number of carbonyl (C=O) groups is 1. The van der Waals surface area contributed by atoms with E-state index in [1.165, 1.54) is 0 Å². The second kappa shape index (κ2) is 8.39. The molecule has 0 N–H and O–H groups in total. The van der Waals surface area contributed by atoms with Gasteiger partial charge in [-0.25, -0.2) is 4.98 Å². The third kappa shape index (κ3) is 4.11. The summed E-state index contributed by atoms with van der Waals surface area (Å²) in [4.78, 5) is 21.4. The number of amides is 1. The molecule has 1 aliphatic heterocycles. The van der Waals surface area contributed by atoms with Gasteiger partial charge < -0.3 is 19.1 Å². The van der Waals surface area contributed by atoms with Gasteiger partial charge in [0.15, 0.2) is 0 Å². The first kappa shape index (κ1) is 19.1. The lowest BCUT2D eigenvalue weighted by atomic mass is 10.1. The van der Waals surface area contributed by atoms with Gasteiger partial charge in [-0.3, -0.25) is 4.79 Å². The van der Waals surface area contributed by atoms with Crippen LogP contribution in [-0.4, -0.2) is 53.6 Å². The zero-order valence-corrected chi connectivity index (χ0v) is 16.9. The van der Waals surface area contributed by atoms with Gasteiger partial charge >= 0.3 is 0 Å². The Labute approximate surface area is 171 Å². The highest BCUT2D eigenvalue weighted by molar-refractivity contribution is 5.94. The SMILES string of the molecule is COc1ccccc1N1CCN(C(=O)c2ccc(Cn3ccnc3C)cc2)CC1. The number of aryl methyl sites for hydroxylation is 1. The Hall–Kier alpha value is -3.28. The van der Waals surface area contributed by atoms with Crippen LogP contribution in [0.5, 0.6) is 5.75 Å². The average Bonchev–Trinajstić information content (AvgIpc) is 3.18. The molecule has 1 fully saturated rings. The number of hydrogen-bond donors (Lipinski definition) is 0. The van der Waals surface area contributed by atoms with Gasteiger partial charge in [0.2, 0.25) is 0 Å². The molecule has 29 heavy (non-hydrogen) atoms. The maximum Gasteiger partial charge on any atom is 0.253 e. The second-order valence-corrected chi connectivity index (χ2v) is 7.25. The van der Waals surface area contributed by atoms with Crippen molar-refractivity contribution >= 4 is 11.6 Å². The quantitative estimate of drug-likeness (QED) is 0.671. The molecule has 4 rings (SSSR count).